The lowest BCUT2D eigenvalue weighted by Gasteiger charge is -2.34. The van der Waals surface area contributed by atoms with E-state index in [-0.39, 0.29) is 18.2 Å². The highest BCUT2D eigenvalue weighted by Crippen LogP contribution is 2.27. The fourth-order valence-electron chi connectivity index (χ4n) is 3.01. The molecule has 3 amide bonds. The molecule has 0 spiro atoms. The molecule has 0 radical (unpaired) electrons. The minimum absolute atomic E-state index is 0.0240. The van der Waals surface area contributed by atoms with E-state index in [2.05, 4.69) is 5.32 Å². The monoisotopic (exact) mass is 317 g/mol. The molecular weight excluding hydrogens is 294 g/mol. The van der Waals surface area contributed by atoms with Crippen molar-refractivity contribution < 1.29 is 14.3 Å². The number of nitrogens with one attached hydrogen (secondary N) is 1. The van der Waals surface area contributed by atoms with E-state index in [1.54, 1.807) is 4.90 Å². The fraction of sp³-hybridized carbons (Fsp3) is 0.529. The number of para-hydroxylation sites is 1. The highest BCUT2D eigenvalue weighted by molar-refractivity contribution is 5.92. The van der Waals surface area contributed by atoms with E-state index >= 15 is 0 Å². The van der Waals surface area contributed by atoms with Gasteiger partial charge >= 0.3 is 12.1 Å². The van der Waals surface area contributed by atoms with Gasteiger partial charge in [0.05, 0.1) is 6.04 Å². The van der Waals surface area contributed by atoms with Crippen LogP contribution >= 0.6 is 0 Å². The summed E-state index contributed by atoms with van der Waals surface area (Å²) in [6.07, 6.45) is 0.465. The molecule has 0 bridgehead atoms. The zero-order valence-electron chi connectivity index (χ0n) is 13.8. The standard InChI is InChI=1S/C17H23N3O3/c1-17(2,3)23-16(22)19-9-8-13(11-19)20-10-12-6-4-5-7-14(12)18-15(20)21/h4-7,13H,8-11H2,1-3H3,(H,18,21)/t13-/m1/s1. The average Bonchev–Trinajstić information content (AvgIpc) is 2.94. The molecule has 6 heteroatoms. The van der Waals surface area contributed by atoms with E-state index in [4.69, 9.17) is 4.74 Å². The highest BCUT2D eigenvalue weighted by Gasteiger charge is 2.36. The van der Waals surface area contributed by atoms with Crippen LogP contribution in [0.5, 0.6) is 0 Å². The minimum atomic E-state index is -0.503. The molecule has 3 rings (SSSR count). The van der Waals surface area contributed by atoms with Crippen molar-refractivity contribution in [3.63, 3.8) is 0 Å². The molecule has 2 aliphatic rings. The first-order chi connectivity index (χ1) is 10.8. The second-order valence-electron chi connectivity index (χ2n) is 7.08. The van der Waals surface area contributed by atoms with Crippen molar-refractivity contribution in [3.8, 4) is 0 Å². The number of benzene rings is 1. The van der Waals surface area contributed by atoms with Gasteiger partial charge in [-0.05, 0) is 38.8 Å². The minimum Gasteiger partial charge on any atom is -0.444 e. The van der Waals surface area contributed by atoms with E-state index in [9.17, 15) is 9.59 Å². The topological polar surface area (TPSA) is 61.9 Å². The molecule has 0 saturated carbocycles. The number of hydrogen-bond acceptors (Lipinski definition) is 3. The summed E-state index contributed by atoms with van der Waals surface area (Å²) in [5.74, 6) is 0. The normalized spacial score (nSPS) is 21.0. The number of carbonyl (C=O) groups is 2. The molecule has 124 valence electrons. The summed E-state index contributed by atoms with van der Waals surface area (Å²) < 4.78 is 5.41. The molecule has 1 N–H and O–H groups in total. The largest absolute Gasteiger partial charge is 0.444 e. The van der Waals surface area contributed by atoms with Gasteiger partial charge < -0.3 is 19.9 Å². The summed E-state index contributed by atoms with van der Waals surface area (Å²) >= 11 is 0. The Kier molecular flexibility index (Phi) is 3.92. The molecule has 0 unspecified atom stereocenters. The molecule has 2 aliphatic heterocycles. The van der Waals surface area contributed by atoms with Crippen LogP contribution in [0.3, 0.4) is 0 Å². The Morgan fingerprint density at radius 3 is 2.78 bits per heavy atom. The maximum atomic E-state index is 12.3. The molecule has 1 aromatic carbocycles. The molecule has 1 aromatic rings. The van der Waals surface area contributed by atoms with Gasteiger partial charge in [-0.2, -0.15) is 0 Å². The molecule has 6 nitrogen and oxygen atoms in total. The number of hydrogen-bond donors (Lipinski definition) is 1. The highest BCUT2D eigenvalue weighted by atomic mass is 16.6. The van der Waals surface area contributed by atoms with E-state index in [1.165, 1.54) is 0 Å². The third-order valence-electron chi connectivity index (χ3n) is 4.12. The second kappa shape index (κ2) is 5.76. The van der Waals surface area contributed by atoms with Crippen LogP contribution in [0.2, 0.25) is 0 Å². The van der Waals surface area contributed by atoms with Crippen molar-refractivity contribution in [2.45, 2.75) is 45.4 Å². The van der Waals surface area contributed by atoms with Crippen LogP contribution in [-0.4, -0.2) is 46.7 Å². The number of likely N-dealkylation sites (tertiary alicyclic amines) is 1. The summed E-state index contributed by atoms with van der Waals surface area (Å²) in [7, 11) is 0. The number of anilines is 1. The zero-order valence-corrected chi connectivity index (χ0v) is 13.8. The Hall–Kier alpha value is -2.24. The predicted molar refractivity (Wildman–Crippen MR) is 87.2 cm³/mol. The van der Waals surface area contributed by atoms with Gasteiger partial charge in [0.25, 0.3) is 0 Å². The molecule has 23 heavy (non-hydrogen) atoms. The fourth-order valence-corrected chi connectivity index (χ4v) is 3.01. The van der Waals surface area contributed by atoms with Crippen LogP contribution < -0.4 is 5.32 Å². The van der Waals surface area contributed by atoms with Crippen LogP contribution in [-0.2, 0) is 11.3 Å². The lowest BCUT2D eigenvalue weighted by molar-refractivity contribution is 0.0282. The predicted octanol–water partition coefficient (Wildman–Crippen LogP) is 3.04. The van der Waals surface area contributed by atoms with Crippen LogP contribution in [0.1, 0.15) is 32.8 Å². The Balaban J connectivity index is 1.65. The Morgan fingerprint density at radius 1 is 1.30 bits per heavy atom. The SMILES string of the molecule is CC(C)(C)OC(=O)N1CC[C@@H](N2Cc3ccccc3NC2=O)C1. The summed E-state index contributed by atoms with van der Waals surface area (Å²) in [6.45, 7) is 7.28. The van der Waals surface area contributed by atoms with Crippen LogP contribution in [0.4, 0.5) is 15.3 Å². The summed E-state index contributed by atoms with van der Waals surface area (Å²) in [5, 5.41) is 2.92. The molecule has 1 atom stereocenters. The number of fused-ring (bicyclic) bond motifs is 1. The molecule has 0 aliphatic carbocycles. The quantitative estimate of drug-likeness (QED) is 0.866. The van der Waals surface area contributed by atoms with Gasteiger partial charge in [0.2, 0.25) is 0 Å². The van der Waals surface area contributed by atoms with Crippen molar-refractivity contribution in [2.75, 3.05) is 18.4 Å². The Morgan fingerprint density at radius 2 is 2.04 bits per heavy atom. The van der Waals surface area contributed by atoms with Crippen molar-refractivity contribution in [3.05, 3.63) is 29.8 Å². The number of amides is 3. The zero-order chi connectivity index (χ0) is 16.6. The number of urea groups is 1. The molecular formula is C17H23N3O3. The molecule has 1 fully saturated rings. The van der Waals surface area contributed by atoms with Gasteiger partial charge in [-0.15, -0.1) is 0 Å². The molecule has 1 saturated heterocycles. The number of nitrogens with zero attached hydrogens (tertiary/aromatic N) is 2. The van der Waals surface area contributed by atoms with E-state index in [0.29, 0.717) is 19.6 Å². The van der Waals surface area contributed by atoms with Gasteiger partial charge in [0.15, 0.2) is 0 Å². The lowest BCUT2D eigenvalue weighted by Crippen LogP contribution is -2.47. The van der Waals surface area contributed by atoms with Crippen molar-refractivity contribution in [1.82, 2.24) is 9.80 Å². The van der Waals surface area contributed by atoms with E-state index in [0.717, 1.165) is 17.7 Å². The van der Waals surface area contributed by atoms with Crippen LogP contribution in [0, 0.1) is 0 Å². The second-order valence-corrected chi connectivity index (χ2v) is 7.08. The van der Waals surface area contributed by atoms with Gasteiger partial charge in [-0.25, -0.2) is 9.59 Å². The first-order valence-electron chi connectivity index (χ1n) is 7.97. The smallest absolute Gasteiger partial charge is 0.410 e. The van der Waals surface area contributed by atoms with Gasteiger partial charge in [0, 0.05) is 25.3 Å². The third-order valence-corrected chi connectivity index (χ3v) is 4.12. The maximum absolute atomic E-state index is 12.3. The van der Waals surface area contributed by atoms with Gasteiger partial charge in [-0.3, -0.25) is 0 Å². The Labute approximate surface area is 136 Å². The maximum Gasteiger partial charge on any atom is 0.410 e. The third kappa shape index (κ3) is 3.41. The molecule has 2 heterocycles. The number of rotatable bonds is 1. The van der Waals surface area contributed by atoms with Crippen molar-refractivity contribution >= 4 is 17.8 Å². The van der Waals surface area contributed by atoms with Gasteiger partial charge in [0.1, 0.15) is 5.60 Å². The van der Waals surface area contributed by atoms with Crippen LogP contribution in [0.25, 0.3) is 0 Å². The first-order valence-corrected chi connectivity index (χ1v) is 7.97. The van der Waals surface area contributed by atoms with E-state index in [1.807, 2.05) is 49.9 Å². The van der Waals surface area contributed by atoms with E-state index < -0.39 is 5.60 Å². The van der Waals surface area contributed by atoms with Crippen LogP contribution in [0.15, 0.2) is 24.3 Å². The summed E-state index contributed by atoms with van der Waals surface area (Å²) in [5.41, 5.74) is 1.47. The van der Waals surface area contributed by atoms with Crippen molar-refractivity contribution in [1.29, 1.82) is 0 Å². The first kappa shape index (κ1) is 15.6. The Bertz CT molecular complexity index is 624. The number of carbonyl (C=O) groups excluding carboxylic acids is 2. The average molecular weight is 317 g/mol. The van der Waals surface area contributed by atoms with Crippen molar-refractivity contribution in [2.24, 2.45) is 0 Å². The summed E-state index contributed by atoms with van der Waals surface area (Å²) in [4.78, 5) is 28.0. The molecule has 0 aromatic heterocycles. The summed E-state index contributed by atoms with van der Waals surface area (Å²) in [6, 6.07) is 7.73. The van der Waals surface area contributed by atoms with Gasteiger partial charge in [-0.1, -0.05) is 18.2 Å². The lowest BCUT2D eigenvalue weighted by atomic mass is 10.1. The number of ether oxygens (including phenoxy) is 1.